The van der Waals surface area contributed by atoms with Crippen LogP contribution in [0.25, 0.3) is 5.70 Å². The largest absolute Gasteiger partial charge is 0.300 e. The highest BCUT2D eigenvalue weighted by atomic mass is 36.0. The number of aromatic nitrogens is 1. The summed E-state index contributed by atoms with van der Waals surface area (Å²) in [5.74, 6) is -0.396. The molecule has 0 atom stereocenters. The molecule has 24 heavy (non-hydrogen) atoms. The monoisotopic (exact) mass is 376 g/mol. The Morgan fingerprint density at radius 3 is 2.46 bits per heavy atom. The lowest BCUT2D eigenvalue weighted by Gasteiger charge is -2.20. The van der Waals surface area contributed by atoms with E-state index < -0.39 is 14.4 Å². The highest BCUT2D eigenvalue weighted by Gasteiger charge is 2.40. The van der Waals surface area contributed by atoms with E-state index in [1.54, 1.807) is 54.7 Å². The van der Waals surface area contributed by atoms with Crippen LogP contribution in [0.5, 0.6) is 0 Å². The van der Waals surface area contributed by atoms with Crippen molar-refractivity contribution in [3.8, 4) is 6.07 Å². The third kappa shape index (κ3) is 3.02. The average molecular weight is 377 g/mol. The number of rotatable bonds is 2. The molecular formula is C16H10Cl2N4OS. The maximum absolute atomic E-state index is 12.3. The maximum Gasteiger partial charge on any atom is 0.257 e. The van der Waals surface area contributed by atoms with Crippen molar-refractivity contribution < 1.29 is 4.79 Å². The van der Waals surface area contributed by atoms with Gasteiger partial charge in [0, 0.05) is 20.2 Å². The first-order valence-electron chi connectivity index (χ1n) is 6.77. The predicted molar refractivity (Wildman–Crippen MR) is 97.4 cm³/mol. The van der Waals surface area contributed by atoms with Gasteiger partial charge in [-0.25, -0.2) is 4.99 Å². The van der Waals surface area contributed by atoms with Gasteiger partial charge in [0.1, 0.15) is 16.7 Å². The smallest absolute Gasteiger partial charge is 0.257 e. The number of nitrogens with zero attached hydrogens (tertiary/aromatic N) is 3. The number of aliphatic imine (C=N–C) groups is 1. The summed E-state index contributed by atoms with van der Waals surface area (Å²) in [5.41, 5.74) is 1.19. The summed E-state index contributed by atoms with van der Waals surface area (Å²) in [5, 5.41) is 12.1. The van der Waals surface area contributed by atoms with Crippen LogP contribution in [0.15, 0.2) is 64.6 Å². The molecule has 0 spiro atoms. The molecule has 0 fully saturated rings. The van der Waals surface area contributed by atoms with Gasteiger partial charge >= 0.3 is 0 Å². The van der Waals surface area contributed by atoms with Crippen molar-refractivity contribution in [1.29, 1.82) is 5.26 Å². The molecule has 3 rings (SSSR count). The van der Waals surface area contributed by atoms with Crippen molar-refractivity contribution in [2.75, 3.05) is 0 Å². The molecule has 0 saturated heterocycles. The fourth-order valence-corrected chi connectivity index (χ4v) is 4.28. The lowest BCUT2D eigenvalue weighted by Crippen LogP contribution is -2.30. The van der Waals surface area contributed by atoms with E-state index in [-0.39, 0.29) is 15.8 Å². The molecule has 0 saturated carbocycles. The van der Waals surface area contributed by atoms with Gasteiger partial charge in [0.15, 0.2) is 5.17 Å². The second kappa shape index (κ2) is 6.65. The summed E-state index contributed by atoms with van der Waals surface area (Å²) >= 11 is 0. The first-order valence-corrected chi connectivity index (χ1v) is 10.1. The highest BCUT2D eigenvalue weighted by molar-refractivity contribution is 8.77. The Labute approximate surface area is 149 Å². The number of amidine groups is 1. The van der Waals surface area contributed by atoms with Crippen LogP contribution in [-0.4, -0.2) is 16.1 Å². The third-order valence-corrected chi connectivity index (χ3v) is 6.47. The normalized spacial score (nSPS) is 17.0. The average Bonchev–Trinajstić information content (AvgIpc) is 2.86. The van der Waals surface area contributed by atoms with Crippen LogP contribution >= 0.6 is 29.8 Å². The van der Waals surface area contributed by atoms with Crippen LogP contribution in [0.3, 0.4) is 0 Å². The Balaban J connectivity index is 1.96. The van der Waals surface area contributed by atoms with Crippen molar-refractivity contribution in [2.24, 2.45) is 4.99 Å². The van der Waals surface area contributed by atoms with Gasteiger partial charge in [-0.1, -0.05) is 24.3 Å². The van der Waals surface area contributed by atoms with Gasteiger partial charge in [-0.05, 0) is 45.6 Å². The van der Waals surface area contributed by atoms with Gasteiger partial charge in [0.25, 0.3) is 5.91 Å². The minimum Gasteiger partial charge on any atom is -0.300 e. The molecule has 2 heterocycles. The van der Waals surface area contributed by atoms with Gasteiger partial charge in [0.2, 0.25) is 0 Å². The van der Waals surface area contributed by atoms with E-state index in [1.807, 2.05) is 6.07 Å². The summed E-state index contributed by atoms with van der Waals surface area (Å²) in [7, 11) is 10.0. The summed E-state index contributed by atoms with van der Waals surface area (Å²) in [6, 6.07) is 15.8. The topological polar surface area (TPSA) is 78.1 Å². The van der Waals surface area contributed by atoms with Gasteiger partial charge in [-0.3, -0.25) is 9.78 Å². The molecule has 2 aromatic rings. The number of benzene rings is 1. The Morgan fingerprint density at radius 2 is 1.83 bits per heavy atom. The summed E-state index contributed by atoms with van der Waals surface area (Å²) in [4.78, 5) is 20.9. The molecule has 8 heteroatoms. The molecule has 1 aliphatic heterocycles. The van der Waals surface area contributed by atoms with Crippen molar-refractivity contribution in [2.45, 2.75) is 0 Å². The van der Waals surface area contributed by atoms with Gasteiger partial charge in [-0.15, -0.1) is 0 Å². The zero-order valence-corrected chi connectivity index (χ0v) is 14.4. The number of nitriles is 1. The maximum atomic E-state index is 12.3. The highest BCUT2D eigenvalue weighted by Crippen LogP contribution is 2.69. The van der Waals surface area contributed by atoms with Crippen molar-refractivity contribution in [1.82, 2.24) is 10.3 Å². The molecule has 1 aromatic heterocycles. The van der Waals surface area contributed by atoms with Crippen LogP contribution in [0.2, 0.25) is 0 Å². The van der Waals surface area contributed by atoms with Crippen LogP contribution in [0.1, 0.15) is 16.1 Å². The number of amides is 1. The first-order chi connectivity index (χ1) is 11.5. The van der Waals surface area contributed by atoms with Crippen LogP contribution < -0.4 is 5.32 Å². The number of pyridine rings is 1. The molecule has 0 aliphatic carbocycles. The van der Waals surface area contributed by atoms with E-state index in [4.69, 9.17) is 21.4 Å². The Kier molecular flexibility index (Phi) is 4.58. The van der Waals surface area contributed by atoms with Crippen LogP contribution in [0.4, 0.5) is 0 Å². The number of carbonyl (C=O) groups excluding carboxylic acids is 1. The van der Waals surface area contributed by atoms with Crippen molar-refractivity contribution >= 4 is 46.6 Å². The molecule has 0 bridgehead atoms. The second-order valence-corrected chi connectivity index (χ2v) is 9.69. The minimum absolute atomic E-state index is 0.0666. The van der Waals surface area contributed by atoms with E-state index in [1.165, 1.54) is 0 Å². The van der Waals surface area contributed by atoms with Gasteiger partial charge < -0.3 is 5.32 Å². The Bertz CT molecular complexity index is 889. The zero-order chi connectivity index (χ0) is 17.2. The van der Waals surface area contributed by atoms with Gasteiger partial charge in [-0.2, -0.15) is 5.26 Å². The molecular weight excluding hydrogens is 367 g/mol. The summed E-state index contributed by atoms with van der Waals surface area (Å²) in [6.45, 7) is 0. The Hall–Kier alpha value is -2.33. The minimum atomic E-state index is -2.74. The van der Waals surface area contributed by atoms with Crippen molar-refractivity contribution in [3.63, 3.8) is 0 Å². The first kappa shape index (κ1) is 16.5. The number of hydrogen-bond donors (Lipinski definition) is 1. The fraction of sp³-hybridized carbons (Fsp3) is 0. The number of nitrogens with one attached hydrogen (secondary N) is 1. The fourth-order valence-electron chi connectivity index (χ4n) is 2.07. The quantitative estimate of drug-likeness (QED) is 0.853. The van der Waals surface area contributed by atoms with E-state index in [9.17, 15) is 10.1 Å². The molecule has 0 radical (unpaired) electrons. The molecule has 5 nitrogen and oxygen atoms in total. The lowest BCUT2D eigenvalue weighted by atomic mass is 10.2. The SMILES string of the molecule is N#CC1=C(c2ccccn2)N=C(NC(=O)c2ccccc2)S1(Cl)Cl. The number of carbonyl (C=O) groups is 1. The molecule has 120 valence electrons. The standard InChI is InChI=1S/C16H10Cl2N4OS/c17-24(18)13(10-19)14(12-8-4-5-9-20-12)21-16(24)22-15(23)11-6-2-1-3-7-11/h1-9H,(H,21,22,23). The Morgan fingerprint density at radius 1 is 1.12 bits per heavy atom. The number of halogens is 2. The van der Waals surface area contributed by atoms with Crippen LogP contribution in [-0.2, 0) is 0 Å². The number of allylic oxidation sites excluding steroid dienone is 1. The van der Waals surface area contributed by atoms with Crippen molar-refractivity contribution in [3.05, 3.63) is 70.9 Å². The molecule has 0 unspecified atom stereocenters. The molecule has 1 aliphatic rings. The summed E-state index contributed by atoms with van der Waals surface area (Å²) < 4.78 is 0. The molecule has 1 amide bonds. The second-order valence-electron chi connectivity index (χ2n) is 4.71. The van der Waals surface area contributed by atoms with Gasteiger partial charge in [0.05, 0.1) is 5.69 Å². The molecule has 1 aromatic carbocycles. The van der Waals surface area contributed by atoms with E-state index in [2.05, 4.69) is 15.3 Å². The lowest BCUT2D eigenvalue weighted by molar-refractivity contribution is 0.0978. The molecule has 1 N–H and O–H groups in total. The van der Waals surface area contributed by atoms with E-state index >= 15 is 0 Å². The predicted octanol–water partition coefficient (Wildman–Crippen LogP) is 4.19. The van der Waals surface area contributed by atoms with E-state index in [0.717, 1.165) is 0 Å². The van der Waals surface area contributed by atoms with E-state index in [0.29, 0.717) is 11.3 Å². The zero-order valence-electron chi connectivity index (χ0n) is 12.1. The third-order valence-electron chi connectivity index (χ3n) is 3.19. The van der Waals surface area contributed by atoms with Crippen LogP contribution in [0, 0.1) is 11.3 Å². The summed E-state index contributed by atoms with van der Waals surface area (Å²) in [6.07, 6.45) is 1.58. The number of hydrogen-bond acceptors (Lipinski definition) is 4.